The van der Waals surface area contributed by atoms with Crippen LogP contribution in [0.2, 0.25) is 0 Å². The van der Waals surface area contributed by atoms with Crippen molar-refractivity contribution in [2.45, 2.75) is 25.6 Å². The molecule has 0 aliphatic rings. The molecule has 2 heterocycles. The molecule has 0 radical (unpaired) electrons. The van der Waals surface area contributed by atoms with Gasteiger partial charge in [-0.1, -0.05) is 31.2 Å². The van der Waals surface area contributed by atoms with Crippen molar-refractivity contribution in [2.75, 3.05) is 27.7 Å². The number of amides is 1. The Morgan fingerprint density at radius 1 is 1.15 bits per heavy atom. The van der Waals surface area contributed by atoms with Crippen molar-refractivity contribution in [2.24, 2.45) is 0 Å². The van der Waals surface area contributed by atoms with Gasteiger partial charge < -0.3 is 15.0 Å². The molecule has 33 heavy (non-hydrogen) atoms. The predicted molar refractivity (Wildman–Crippen MR) is 115 cm³/mol. The first-order valence-corrected chi connectivity index (χ1v) is 10.2. The third-order valence-corrected chi connectivity index (χ3v) is 5.19. The number of aromatic nitrogens is 4. The van der Waals surface area contributed by atoms with Crippen LogP contribution in [0, 0.1) is 0 Å². The topological polar surface area (TPSA) is 85.2 Å². The van der Waals surface area contributed by atoms with E-state index in [0.29, 0.717) is 4.68 Å². The Hall–Kier alpha value is -3.47. The van der Waals surface area contributed by atoms with Gasteiger partial charge in [-0.3, -0.25) is 4.79 Å². The molecule has 3 aromatic rings. The Balaban J connectivity index is 1.85. The van der Waals surface area contributed by atoms with Crippen molar-refractivity contribution in [3.63, 3.8) is 0 Å². The van der Waals surface area contributed by atoms with Crippen LogP contribution in [0.15, 0.2) is 42.6 Å². The molecule has 0 aliphatic heterocycles. The van der Waals surface area contributed by atoms with Gasteiger partial charge in [0.1, 0.15) is 0 Å². The number of halogens is 3. The second-order valence-electron chi connectivity index (χ2n) is 7.53. The van der Waals surface area contributed by atoms with Gasteiger partial charge in [-0.25, -0.2) is 4.68 Å². The molecule has 0 aliphatic carbocycles. The molecule has 0 saturated heterocycles. The number of benzene rings is 1. The van der Waals surface area contributed by atoms with Gasteiger partial charge in [0.2, 0.25) is 5.88 Å². The van der Waals surface area contributed by atoms with E-state index in [2.05, 4.69) is 27.5 Å². The van der Waals surface area contributed by atoms with Crippen LogP contribution in [0.1, 0.15) is 40.1 Å². The minimum Gasteiger partial charge on any atom is -0.480 e. The van der Waals surface area contributed by atoms with Gasteiger partial charge in [0.15, 0.2) is 11.5 Å². The number of hydrogen-bond donors (Lipinski definition) is 1. The van der Waals surface area contributed by atoms with E-state index in [9.17, 15) is 18.0 Å². The van der Waals surface area contributed by atoms with E-state index < -0.39 is 23.3 Å². The van der Waals surface area contributed by atoms with Crippen LogP contribution >= 0.6 is 0 Å². The Morgan fingerprint density at radius 3 is 2.36 bits per heavy atom. The molecular weight excluding hydrogens is 437 g/mol. The molecule has 8 nitrogen and oxygen atoms in total. The van der Waals surface area contributed by atoms with Gasteiger partial charge in [-0.15, -0.1) is 10.2 Å². The van der Waals surface area contributed by atoms with E-state index in [1.165, 1.54) is 24.8 Å². The largest absolute Gasteiger partial charge is 0.480 e. The molecule has 0 fully saturated rings. The summed E-state index contributed by atoms with van der Waals surface area (Å²) in [6.45, 7) is 2.16. The monoisotopic (exact) mass is 462 g/mol. The SMILES string of the molecule is CCc1ccc(C(CNC(=O)c2cnn(-c3ccc(OC)nn3)c2C(F)(F)F)N(C)C)cc1. The third kappa shape index (κ3) is 5.48. The van der Waals surface area contributed by atoms with Crippen molar-refractivity contribution in [3.05, 3.63) is 65.0 Å². The average Bonchev–Trinajstić information content (AvgIpc) is 3.25. The molecule has 1 atom stereocenters. The molecule has 0 saturated carbocycles. The highest BCUT2D eigenvalue weighted by atomic mass is 19.4. The number of rotatable bonds is 8. The molecule has 1 amide bonds. The van der Waals surface area contributed by atoms with Gasteiger partial charge in [0, 0.05) is 12.6 Å². The zero-order valence-electron chi connectivity index (χ0n) is 18.7. The molecular formula is C22H25F3N6O2. The number of hydrogen-bond acceptors (Lipinski definition) is 6. The minimum atomic E-state index is -4.85. The molecule has 1 unspecified atom stereocenters. The zero-order valence-corrected chi connectivity index (χ0v) is 18.7. The highest BCUT2D eigenvalue weighted by Gasteiger charge is 2.41. The van der Waals surface area contributed by atoms with Gasteiger partial charge in [-0.2, -0.15) is 18.3 Å². The number of aryl methyl sites for hydroxylation is 1. The lowest BCUT2D eigenvalue weighted by Gasteiger charge is -2.25. The molecule has 1 N–H and O–H groups in total. The summed E-state index contributed by atoms with van der Waals surface area (Å²) >= 11 is 0. The first kappa shape index (κ1) is 24.2. The second-order valence-corrected chi connectivity index (χ2v) is 7.53. The van der Waals surface area contributed by atoms with Gasteiger partial charge in [-0.05, 0) is 37.7 Å². The summed E-state index contributed by atoms with van der Waals surface area (Å²) in [5, 5.41) is 13.7. The number of methoxy groups -OCH3 is 1. The van der Waals surface area contributed by atoms with E-state index in [4.69, 9.17) is 4.74 Å². The molecule has 1 aromatic carbocycles. The number of likely N-dealkylation sites (N-methyl/N-ethyl adjacent to an activating group) is 1. The summed E-state index contributed by atoms with van der Waals surface area (Å²) in [6.07, 6.45) is -3.07. The molecule has 176 valence electrons. The summed E-state index contributed by atoms with van der Waals surface area (Å²) < 4.78 is 47.1. The van der Waals surface area contributed by atoms with Crippen LogP contribution in [0.3, 0.4) is 0 Å². The molecule has 3 rings (SSSR count). The Kier molecular flexibility index (Phi) is 7.32. The normalized spacial score (nSPS) is 12.6. The van der Waals surface area contributed by atoms with E-state index in [0.717, 1.165) is 18.2 Å². The number of alkyl halides is 3. The lowest BCUT2D eigenvalue weighted by molar-refractivity contribution is -0.143. The van der Waals surface area contributed by atoms with Crippen molar-refractivity contribution in [3.8, 4) is 11.7 Å². The highest BCUT2D eigenvalue weighted by Crippen LogP contribution is 2.33. The Bertz CT molecular complexity index is 1080. The Morgan fingerprint density at radius 2 is 1.85 bits per heavy atom. The summed E-state index contributed by atoms with van der Waals surface area (Å²) in [6, 6.07) is 10.3. The fourth-order valence-electron chi connectivity index (χ4n) is 3.35. The first-order chi connectivity index (χ1) is 15.7. The summed E-state index contributed by atoms with van der Waals surface area (Å²) in [5.41, 5.74) is 0.286. The molecule has 2 aromatic heterocycles. The van der Waals surface area contributed by atoms with Gasteiger partial charge in [0.05, 0.1) is 24.9 Å². The molecule has 0 bridgehead atoms. The average molecular weight is 462 g/mol. The molecule has 0 spiro atoms. The fourth-order valence-corrected chi connectivity index (χ4v) is 3.35. The Labute approximate surface area is 189 Å². The molecule has 11 heteroatoms. The summed E-state index contributed by atoms with van der Waals surface area (Å²) in [4.78, 5) is 14.7. The van der Waals surface area contributed by atoms with Crippen molar-refractivity contribution < 1.29 is 22.7 Å². The maximum absolute atomic E-state index is 13.9. The van der Waals surface area contributed by atoms with Crippen molar-refractivity contribution in [1.29, 1.82) is 0 Å². The minimum absolute atomic E-state index is 0.113. The number of ether oxygens (including phenoxy) is 1. The summed E-state index contributed by atoms with van der Waals surface area (Å²) in [5.74, 6) is -0.935. The van der Waals surface area contributed by atoms with Crippen LogP contribution in [0.5, 0.6) is 5.88 Å². The maximum atomic E-state index is 13.9. The van der Waals surface area contributed by atoms with Crippen LogP contribution in [-0.2, 0) is 12.6 Å². The van der Waals surface area contributed by atoms with E-state index >= 15 is 0 Å². The number of nitrogens with zero attached hydrogens (tertiary/aromatic N) is 5. The predicted octanol–water partition coefficient (Wildman–Crippen LogP) is 3.28. The van der Waals surface area contributed by atoms with Crippen molar-refractivity contribution >= 4 is 5.91 Å². The van der Waals surface area contributed by atoms with Crippen molar-refractivity contribution in [1.82, 2.24) is 30.2 Å². The maximum Gasteiger partial charge on any atom is 0.434 e. The lowest BCUT2D eigenvalue weighted by Crippen LogP contribution is -2.35. The van der Waals surface area contributed by atoms with Crippen LogP contribution in [0.25, 0.3) is 5.82 Å². The van der Waals surface area contributed by atoms with Crippen LogP contribution in [-0.4, -0.2) is 58.5 Å². The van der Waals surface area contributed by atoms with Gasteiger partial charge in [0.25, 0.3) is 5.91 Å². The van der Waals surface area contributed by atoms with Gasteiger partial charge >= 0.3 is 6.18 Å². The first-order valence-electron chi connectivity index (χ1n) is 10.2. The standard InChI is InChI=1S/C22H25F3N6O2/c1-5-14-6-8-15(9-7-14)17(30(2)3)13-26-21(32)16-12-27-31(20(16)22(23,24)25)18-10-11-19(33-4)29-28-18/h6-12,17H,5,13H2,1-4H3,(H,26,32). The second kappa shape index (κ2) is 9.99. The smallest absolute Gasteiger partial charge is 0.434 e. The summed E-state index contributed by atoms with van der Waals surface area (Å²) in [7, 11) is 5.04. The highest BCUT2D eigenvalue weighted by molar-refractivity contribution is 5.95. The van der Waals surface area contributed by atoms with E-state index in [1.54, 1.807) is 0 Å². The number of carbonyl (C=O) groups excluding carboxylic acids is 1. The number of nitrogens with one attached hydrogen (secondary N) is 1. The third-order valence-electron chi connectivity index (χ3n) is 5.19. The lowest BCUT2D eigenvalue weighted by atomic mass is 10.0. The fraction of sp³-hybridized carbons (Fsp3) is 0.364. The quantitative estimate of drug-likeness (QED) is 0.553. The number of carbonyl (C=O) groups is 1. The zero-order chi connectivity index (χ0) is 24.2. The van der Waals surface area contributed by atoms with E-state index in [1.807, 2.05) is 43.3 Å². The van der Waals surface area contributed by atoms with Crippen LogP contribution < -0.4 is 10.1 Å². The van der Waals surface area contributed by atoms with E-state index in [-0.39, 0.29) is 24.3 Å². The van der Waals surface area contributed by atoms with Crippen LogP contribution in [0.4, 0.5) is 13.2 Å².